The van der Waals surface area contributed by atoms with E-state index in [0.29, 0.717) is 43.7 Å². The van der Waals surface area contributed by atoms with Gasteiger partial charge in [0.05, 0.1) is 0 Å². The van der Waals surface area contributed by atoms with Crippen molar-refractivity contribution < 1.29 is 19.1 Å². The number of carbonyl (C=O) groups excluding carboxylic acids is 3. The molecule has 3 amide bonds. The summed E-state index contributed by atoms with van der Waals surface area (Å²) in [6, 6.07) is 0. The van der Waals surface area contributed by atoms with Crippen LogP contribution in [0.1, 0.15) is 72.1 Å². The van der Waals surface area contributed by atoms with Crippen molar-refractivity contribution in [1.29, 1.82) is 0 Å². The number of carbonyl (C=O) groups is 3. The first kappa shape index (κ1) is 20.5. The second-order valence-corrected chi connectivity index (χ2v) is 11.1. The molecule has 162 valence electrons. The van der Waals surface area contributed by atoms with Gasteiger partial charge in [0.2, 0.25) is 11.8 Å². The summed E-state index contributed by atoms with van der Waals surface area (Å²) in [6.07, 6.45) is 6.91. The molecule has 0 radical (unpaired) electrons. The Kier molecular flexibility index (Phi) is 4.86. The van der Waals surface area contributed by atoms with Gasteiger partial charge in [-0.25, -0.2) is 4.79 Å². The summed E-state index contributed by atoms with van der Waals surface area (Å²) in [4.78, 5) is 39.8. The van der Waals surface area contributed by atoms with E-state index >= 15 is 0 Å². The molecule has 0 spiro atoms. The Morgan fingerprint density at radius 2 is 1.45 bits per heavy atom. The third-order valence-electron chi connectivity index (χ3n) is 7.61. The molecule has 0 aromatic rings. The number of primary amides is 1. The van der Waals surface area contributed by atoms with E-state index in [9.17, 15) is 14.4 Å². The number of amides is 3. The molecule has 7 heteroatoms. The molecule has 0 atom stereocenters. The first-order valence-corrected chi connectivity index (χ1v) is 11.1. The van der Waals surface area contributed by atoms with E-state index in [2.05, 4.69) is 5.32 Å². The van der Waals surface area contributed by atoms with E-state index in [1.165, 1.54) is 19.3 Å². The molecule has 4 aliphatic carbocycles. The lowest BCUT2D eigenvalue weighted by Crippen LogP contribution is -2.66. The fourth-order valence-corrected chi connectivity index (χ4v) is 6.57. The van der Waals surface area contributed by atoms with Gasteiger partial charge in [0.1, 0.15) is 11.1 Å². The predicted molar refractivity (Wildman–Crippen MR) is 108 cm³/mol. The Hall–Kier alpha value is -1.79. The quantitative estimate of drug-likeness (QED) is 0.753. The fourth-order valence-electron chi connectivity index (χ4n) is 6.57. The molecule has 5 aliphatic rings. The van der Waals surface area contributed by atoms with Gasteiger partial charge in [-0.1, -0.05) is 0 Å². The number of rotatable bonds is 3. The second kappa shape index (κ2) is 6.88. The highest BCUT2D eigenvalue weighted by Crippen LogP contribution is 2.60. The number of nitrogens with zero attached hydrogens (tertiary/aromatic N) is 1. The van der Waals surface area contributed by atoms with Crippen LogP contribution in [0.3, 0.4) is 0 Å². The Morgan fingerprint density at radius 1 is 0.966 bits per heavy atom. The molecule has 4 bridgehead atoms. The van der Waals surface area contributed by atoms with Gasteiger partial charge in [0, 0.05) is 18.5 Å². The zero-order valence-corrected chi connectivity index (χ0v) is 18.0. The number of ether oxygens (including phenoxy) is 1. The standard InChI is InChI=1S/C22H35N3O4/c1-20(2,3)29-19(28)25-6-4-22(5-7-25,17(23)26)24-18(27)21-11-14-8-15(12-21)10-16(9-14)13-21/h14-16H,4-13H2,1-3H3,(H2,23,26)(H,24,27). The van der Waals surface area contributed by atoms with Crippen LogP contribution in [0.5, 0.6) is 0 Å². The Labute approximate surface area is 173 Å². The maximum atomic E-state index is 13.5. The number of nitrogens with one attached hydrogen (secondary N) is 1. The zero-order valence-electron chi connectivity index (χ0n) is 18.0. The number of hydrogen-bond acceptors (Lipinski definition) is 4. The van der Waals surface area contributed by atoms with Gasteiger partial charge in [-0.05, 0) is 89.9 Å². The first-order chi connectivity index (χ1) is 13.5. The Balaban J connectivity index is 1.43. The van der Waals surface area contributed by atoms with Crippen LogP contribution in [0, 0.1) is 23.2 Å². The van der Waals surface area contributed by atoms with E-state index in [4.69, 9.17) is 10.5 Å². The summed E-state index contributed by atoms with van der Waals surface area (Å²) in [5.74, 6) is 1.49. The van der Waals surface area contributed by atoms with Crippen molar-refractivity contribution in [3.8, 4) is 0 Å². The van der Waals surface area contributed by atoms with Gasteiger partial charge in [0.25, 0.3) is 0 Å². The fraction of sp³-hybridized carbons (Fsp3) is 0.864. The Morgan fingerprint density at radius 3 is 1.86 bits per heavy atom. The minimum atomic E-state index is -1.07. The molecule has 0 aromatic heterocycles. The van der Waals surface area contributed by atoms with Crippen LogP contribution in [-0.4, -0.2) is 47.0 Å². The topological polar surface area (TPSA) is 102 Å². The maximum Gasteiger partial charge on any atom is 0.410 e. The van der Waals surface area contributed by atoms with Gasteiger partial charge >= 0.3 is 6.09 Å². The van der Waals surface area contributed by atoms with Crippen molar-refractivity contribution in [1.82, 2.24) is 10.2 Å². The smallest absolute Gasteiger partial charge is 0.410 e. The zero-order chi connectivity index (χ0) is 21.0. The SMILES string of the molecule is CC(C)(C)OC(=O)N1CCC(NC(=O)C23CC4CC(CC(C4)C2)C3)(C(N)=O)CC1. The van der Waals surface area contributed by atoms with Crippen LogP contribution in [-0.2, 0) is 14.3 Å². The second-order valence-electron chi connectivity index (χ2n) is 11.1. The predicted octanol–water partition coefficient (Wildman–Crippen LogP) is 2.57. The minimum absolute atomic E-state index is 0.0149. The van der Waals surface area contributed by atoms with E-state index in [1.54, 1.807) is 4.90 Å². The van der Waals surface area contributed by atoms with E-state index < -0.39 is 17.0 Å². The monoisotopic (exact) mass is 405 g/mol. The van der Waals surface area contributed by atoms with Gasteiger partial charge in [-0.3, -0.25) is 9.59 Å². The molecule has 7 nitrogen and oxygen atoms in total. The van der Waals surface area contributed by atoms with Crippen LogP contribution in [0.25, 0.3) is 0 Å². The average molecular weight is 406 g/mol. The molecule has 3 N–H and O–H groups in total. The van der Waals surface area contributed by atoms with Crippen molar-refractivity contribution in [2.24, 2.45) is 28.9 Å². The number of nitrogens with two attached hydrogens (primary N) is 1. The van der Waals surface area contributed by atoms with Crippen LogP contribution in [0.2, 0.25) is 0 Å². The highest BCUT2D eigenvalue weighted by Gasteiger charge is 2.56. The van der Waals surface area contributed by atoms with Gasteiger partial charge < -0.3 is 20.7 Å². The number of piperidine rings is 1. The molecular weight excluding hydrogens is 370 g/mol. The summed E-state index contributed by atoms with van der Waals surface area (Å²) in [5.41, 5.74) is 3.82. The molecule has 5 rings (SSSR count). The van der Waals surface area contributed by atoms with Crippen LogP contribution in [0.4, 0.5) is 4.79 Å². The third kappa shape index (κ3) is 3.84. The molecule has 4 saturated carbocycles. The van der Waals surface area contributed by atoms with Crippen molar-refractivity contribution in [3.05, 3.63) is 0 Å². The van der Waals surface area contributed by atoms with E-state index in [0.717, 1.165) is 19.3 Å². The van der Waals surface area contributed by atoms with Crippen LogP contribution in [0.15, 0.2) is 0 Å². The summed E-state index contributed by atoms with van der Waals surface area (Å²) >= 11 is 0. The highest BCUT2D eigenvalue weighted by atomic mass is 16.6. The molecule has 1 heterocycles. The lowest BCUT2D eigenvalue weighted by molar-refractivity contribution is -0.151. The average Bonchev–Trinajstić information content (AvgIpc) is 2.59. The third-order valence-corrected chi connectivity index (χ3v) is 7.61. The molecular formula is C22H35N3O4. The van der Waals surface area contributed by atoms with Crippen molar-refractivity contribution in [2.75, 3.05) is 13.1 Å². The first-order valence-electron chi connectivity index (χ1n) is 11.1. The molecule has 1 aliphatic heterocycles. The van der Waals surface area contributed by atoms with Crippen molar-refractivity contribution in [2.45, 2.75) is 83.3 Å². The Bertz CT molecular complexity index is 668. The largest absolute Gasteiger partial charge is 0.444 e. The minimum Gasteiger partial charge on any atom is -0.444 e. The highest BCUT2D eigenvalue weighted by molar-refractivity contribution is 5.93. The number of hydrogen-bond donors (Lipinski definition) is 2. The summed E-state index contributed by atoms with van der Waals surface area (Å²) in [5, 5.41) is 3.10. The van der Waals surface area contributed by atoms with Crippen molar-refractivity contribution in [3.63, 3.8) is 0 Å². The lowest BCUT2D eigenvalue weighted by atomic mass is 9.49. The van der Waals surface area contributed by atoms with Gasteiger partial charge in [-0.15, -0.1) is 0 Å². The molecule has 29 heavy (non-hydrogen) atoms. The van der Waals surface area contributed by atoms with Crippen LogP contribution >= 0.6 is 0 Å². The van der Waals surface area contributed by atoms with E-state index in [1.807, 2.05) is 20.8 Å². The van der Waals surface area contributed by atoms with E-state index in [-0.39, 0.29) is 17.4 Å². The summed E-state index contributed by atoms with van der Waals surface area (Å²) in [7, 11) is 0. The summed E-state index contributed by atoms with van der Waals surface area (Å²) in [6.45, 7) is 6.18. The van der Waals surface area contributed by atoms with Gasteiger partial charge in [-0.2, -0.15) is 0 Å². The molecule has 1 saturated heterocycles. The number of likely N-dealkylation sites (tertiary alicyclic amines) is 1. The van der Waals surface area contributed by atoms with Gasteiger partial charge in [0.15, 0.2) is 0 Å². The van der Waals surface area contributed by atoms with Crippen LogP contribution < -0.4 is 11.1 Å². The summed E-state index contributed by atoms with van der Waals surface area (Å²) < 4.78 is 5.44. The molecule has 5 fully saturated rings. The molecule has 0 unspecified atom stereocenters. The molecule has 0 aromatic carbocycles. The normalized spacial score (nSPS) is 35.3. The lowest BCUT2D eigenvalue weighted by Gasteiger charge is -2.56. The maximum absolute atomic E-state index is 13.5. The van der Waals surface area contributed by atoms with Crippen molar-refractivity contribution >= 4 is 17.9 Å².